The first-order valence-electron chi connectivity index (χ1n) is 6.52. The van der Waals surface area contributed by atoms with E-state index in [2.05, 4.69) is 5.32 Å². The van der Waals surface area contributed by atoms with E-state index in [0.29, 0.717) is 23.1 Å². The van der Waals surface area contributed by atoms with Crippen molar-refractivity contribution >= 4 is 17.7 Å². The van der Waals surface area contributed by atoms with Crippen molar-refractivity contribution in [3.05, 3.63) is 30.1 Å². The standard InChI is InChI=1S/C14H19FN2OS/c1-17(11-6-8-16-10-11)14(18)7-9-19-13-5-3-2-4-12(13)15/h2-5,11,16H,6-10H2,1H3. The Morgan fingerprint density at radius 3 is 3.00 bits per heavy atom. The fourth-order valence-electron chi connectivity index (χ4n) is 2.16. The van der Waals surface area contributed by atoms with Crippen LogP contribution < -0.4 is 5.32 Å². The molecule has 1 aromatic rings. The molecule has 1 saturated heterocycles. The van der Waals surface area contributed by atoms with Gasteiger partial charge in [-0.2, -0.15) is 0 Å². The molecule has 0 bridgehead atoms. The van der Waals surface area contributed by atoms with E-state index in [9.17, 15) is 9.18 Å². The minimum absolute atomic E-state index is 0.137. The van der Waals surface area contributed by atoms with Crippen LogP contribution in [-0.2, 0) is 4.79 Å². The molecule has 2 rings (SSSR count). The molecular formula is C14H19FN2OS. The van der Waals surface area contributed by atoms with Gasteiger partial charge in [-0.05, 0) is 25.1 Å². The lowest BCUT2D eigenvalue weighted by atomic mass is 10.2. The zero-order chi connectivity index (χ0) is 13.7. The molecule has 0 radical (unpaired) electrons. The summed E-state index contributed by atoms with van der Waals surface area (Å²) in [6.07, 6.45) is 1.47. The van der Waals surface area contributed by atoms with Gasteiger partial charge >= 0.3 is 0 Å². The fourth-order valence-corrected chi connectivity index (χ4v) is 3.04. The van der Waals surface area contributed by atoms with Crippen molar-refractivity contribution in [3.63, 3.8) is 0 Å². The molecule has 1 fully saturated rings. The average molecular weight is 282 g/mol. The van der Waals surface area contributed by atoms with E-state index in [1.54, 1.807) is 12.1 Å². The number of thioether (sulfide) groups is 1. The third-order valence-corrected chi connectivity index (χ3v) is 4.44. The average Bonchev–Trinajstić information content (AvgIpc) is 2.94. The Labute approximate surface area is 117 Å². The van der Waals surface area contributed by atoms with Gasteiger partial charge in [0.2, 0.25) is 5.91 Å². The van der Waals surface area contributed by atoms with Gasteiger partial charge in [0.05, 0.1) is 0 Å². The van der Waals surface area contributed by atoms with Crippen LogP contribution in [0.4, 0.5) is 4.39 Å². The zero-order valence-corrected chi connectivity index (χ0v) is 11.9. The van der Waals surface area contributed by atoms with Crippen LogP contribution >= 0.6 is 11.8 Å². The molecule has 1 unspecified atom stereocenters. The predicted octanol–water partition coefficient (Wildman–Crippen LogP) is 2.13. The van der Waals surface area contributed by atoms with Crippen LogP contribution in [0, 0.1) is 5.82 Å². The Morgan fingerprint density at radius 2 is 2.32 bits per heavy atom. The van der Waals surface area contributed by atoms with Crippen LogP contribution in [0.15, 0.2) is 29.2 Å². The van der Waals surface area contributed by atoms with Crippen molar-refractivity contribution < 1.29 is 9.18 Å². The Bertz CT molecular complexity index is 435. The maximum Gasteiger partial charge on any atom is 0.223 e. The normalized spacial score (nSPS) is 18.5. The second kappa shape index (κ2) is 6.91. The van der Waals surface area contributed by atoms with Crippen LogP contribution in [0.25, 0.3) is 0 Å². The first kappa shape index (κ1) is 14.3. The molecule has 3 nitrogen and oxygen atoms in total. The summed E-state index contributed by atoms with van der Waals surface area (Å²) in [5.41, 5.74) is 0. The maximum absolute atomic E-state index is 13.4. The molecule has 1 aromatic carbocycles. The molecule has 1 aliphatic rings. The topological polar surface area (TPSA) is 32.3 Å². The van der Waals surface area contributed by atoms with Gasteiger partial charge in [0, 0.05) is 36.7 Å². The van der Waals surface area contributed by atoms with Gasteiger partial charge in [-0.3, -0.25) is 4.79 Å². The summed E-state index contributed by atoms with van der Waals surface area (Å²) >= 11 is 1.40. The zero-order valence-electron chi connectivity index (χ0n) is 11.1. The van der Waals surface area contributed by atoms with E-state index in [4.69, 9.17) is 0 Å². The smallest absolute Gasteiger partial charge is 0.223 e. The number of halogens is 1. The third kappa shape index (κ3) is 3.94. The molecule has 104 valence electrons. The Morgan fingerprint density at radius 1 is 1.53 bits per heavy atom. The first-order chi connectivity index (χ1) is 9.18. The number of rotatable bonds is 5. The van der Waals surface area contributed by atoms with Crippen LogP contribution in [0.5, 0.6) is 0 Å². The maximum atomic E-state index is 13.4. The van der Waals surface area contributed by atoms with Crippen molar-refractivity contribution in [3.8, 4) is 0 Å². The molecule has 0 aromatic heterocycles. The summed E-state index contributed by atoms with van der Waals surface area (Å²) in [7, 11) is 1.85. The highest BCUT2D eigenvalue weighted by molar-refractivity contribution is 7.99. The molecular weight excluding hydrogens is 263 g/mol. The van der Waals surface area contributed by atoms with E-state index < -0.39 is 0 Å². The molecule has 0 spiro atoms. The summed E-state index contributed by atoms with van der Waals surface area (Å²) in [5.74, 6) is 0.537. The molecule has 0 saturated carbocycles. The second-order valence-electron chi connectivity index (χ2n) is 4.68. The molecule has 1 amide bonds. The Hall–Kier alpha value is -1.07. The number of carbonyl (C=O) groups is 1. The summed E-state index contributed by atoms with van der Waals surface area (Å²) in [6, 6.07) is 6.98. The molecule has 19 heavy (non-hydrogen) atoms. The second-order valence-corrected chi connectivity index (χ2v) is 5.82. The Kier molecular flexibility index (Phi) is 5.22. The summed E-state index contributed by atoms with van der Waals surface area (Å²) in [4.78, 5) is 14.4. The lowest BCUT2D eigenvalue weighted by Gasteiger charge is -2.23. The number of nitrogens with one attached hydrogen (secondary N) is 1. The minimum atomic E-state index is -0.215. The number of likely N-dealkylation sites (N-methyl/N-ethyl adjacent to an activating group) is 1. The summed E-state index contributed by atoms with van der Waals surface area (Å²) < 4.78 is 13.4. The largest absolute Gasteiger partial charge is 0.341 e. The van der Waals surface area contributed by atoms with Gasteiger partial charge in [-0.25, -0.2) is 4.39 Å². The van der Waals surface area contributed by atoms with E-state index in [1.165, 1.54) is 17.8 Å². The number of hydrogen-bond acceptors (Lipinski definition) is 3. The SMILES string of the molecule is CN(C(=O)CCSc1ccccc1F)C1CCNC1. The van der Waals surface area contributed by atoms with Crippen molar-refractivity contribution in [1.82, 2.24) is 10.2 Å². The van der Waals surface area contributed by atoms with E-state index in [-0.39, 0.29) is 11.7 Å². The van der Waals surface area contributed by atoms with Gasteiger partial charge in [-0.15, -0.1) is 11.8 Å². The van der Waals surface area contributed by atoms with E-state index >= 15 is 0 Å². The number of amides is 1. The van der Waals surface area contributed by atoms with Gasteiger partial charge in [0.25, 0.3) is 0 Å². The highest BCUT2D eigenvalue weighted by Crippen LogP contribution is 2.22. The highest BCUT2D eigenvalue weighted by Gasteiger charge is 2.22. The number of carbonyl (C=O) groups excluding carboxylic acids is 1. The predicted molar refractivity (Wildman–Crippen MR) is 75.8 cm³/mol. The summed E-state index contributed by atoms with van der Waals surface area (Å²) in [5, 5.41) is 3.25. The molecule has 1 N–H and O–H groups in total. The minimum Gasteiger partial charge on any atom is -0.341 e. The van der Waals surface area contributed by atoms with Gasteiger partial charge in [-0.1, -0.05) is 12.1 Å². The first-order valence-corrected chi connectivity index (χ1v) is 7.51. The molecule has 5 heteroatoms. The lowest BCUT2D eigenvalue weighted by molar-refractivity contribution is -0.131. The molecule has 1 heterocycles. The fraction of sp³-hybridized carbons (Fsp3) is 0.500. The summed E-state index contributed by atoms with van der Waals surface area (Å²) in [6.45, 7) is 1.86. The van der Waals surface area contributed by atoms with Crippen molar-refractivity contribution in [2.45, 2.75) is 23.8 Å². The van der Waals surface area contributed by atoms with Gasteiger partial charge < -0.3 is 10.2 Å². The van der Waals surface area contributed by atoms with Crippen LogP contribution in [-0.4, -0.2) is 42.7 Å². The quantitative estimate of drug-likeness (QED) is 0.840. The molecule has 1 aliphatic heterocycles. The van der Waals surface area contributed by atoms with E-state index in [1.807, 2.05) is 18.0 Å². The third-order valence-electron chi connectivity index (χ3n) is 3.39. The lowest BCUT2D eigenvalue weighted by Crippen LogP contribution is -2.38. The molecule has 1 atom stereocenters. The van der Waals surface area contributed by atoms with Crippen LogP contribution in [0.3, 0.4) is 0 Å². The van der Waals surface area contributed by atoms with Gasteiger partial charge in [0.15, 0.2) is 0 Å². The van der Waals surface area contributed by atoms with E-state index in [0.717, 1.165) is 19.5 Å². The van der Waals surface area contributed by atoms with Crippen LogP contribution in [0.1, 0.15) is 12.8 Å². The monoisotopic (exact) mass is 282 g/mol. The van der Waals surface area contributed by atoms with Crippen molar-refractivity contribution in [2.24, 2.45) is 0 Å². The van der Waals surface area contributed by atoms with Crippen molar-refractivity contribution in [1.29, 1.82) is 0 Å². The Balaban J connectivity index is 1.76. The number of benzene rings is 1. The van der Waals surface area contributed by atoms with Gasteiger partial charge in [0.1, 0.15) is 5.82 Å². The van der Waals surface area contributed by atoms with Crippen LogP contribution in [0.2, 0.25) is 0 Å². The number of hydrogen-bond donors (Lipinski definition) is 1. The highest BCUT2D eigenvalue weighted by atomic mass is 32.2. The number of nitrogens with zero attached hydrogens (tertiary/aromatic N) is 1. The molecule has 0 aliphatic carbocycles. The van der Waals surface area contributed by atoms with Crippen molar-refractivity contribution in [2.75, 3.05) is 25.9 Å².